The number of ketones is 1. The number of hydrogen-bond donors (Lipinski definition) is 1. The van der Waals surface area contributed by atoms with E-state index in [1.807, 2.05) is 54.6 Å². The van der Waals surface area contributed by atoms with Crippen molar-refractivity contribution in [1.82, 2.24) is 5.32 Å². The number of hydrogen-bond acceptors (Lipinski definition) is 5. The Balaban J connectivity index is 1.67. The second-order valence-electron chi connectivity index (χ2n) is 6.86. The molecule has 0 aliphatic carbocycles. The highest BCUT2D eigenvalue weighted by atomic mass is 16.5. The summed E-state index contributed by atoms with van der Waals surface area (Å²) in [7, 11) is 1.62. The topological polar surface area (TPSA) is 64.6 Å². The summed E-state index contributed by atoms with van der Waals surface area (Å²) in [5.74, 6) is 0.674. The average Bonchev–Trinajstić information content (AvgIpc) is 2.71. The van der Waals surface area contributed by atoms with Gasteiger partial charge in [0.05, 0.1) is 13.0 Å². The van der Waals surface area contributed by atoms with Crippen molar-refractivity contribution in [2.75, 3.05) is 20.2 Å². The fraction of sp³-hybridized carbons (Fsp3) is 0.364. The zero-order valence-electron chi connectivity index (χ0n) is 15.5. The first-order valence-corrected chi connectivity index (χ1v) is 9.22. The van der Waals surface area contributed by atoms with Gasteiger partial charge in [-0.15, -0.1) is 0 Å². The number of carbonyl (C=O) groups excluding carboxylic acids is 2. The van der Waals surface area contributed by atoms with Crippen molar-refractivity contribution in [1.29, 1.82) is 0 Å². The predicted molar refractivity (Wildman–Crippen MR) is 103 cm³/mol. The molecule has 0 bridgehead atoms. The Labute approximate surface area is 159 Å². The largest absolute Gasteiger partial charge is 0.497 e. The van der Waals surface area contributed by atoms with Gasteiger partial charge in [-0.2, -0.15) is 0 Å². The molecule has 142 valence electrons. The number of rotatable bonds is 8. The smallest absolute Gasteiger partial charge is 0.293 e. The summed E-state index contributed by atoms with van der Waals surface area (Å²) < 4.78 is 10.5. The third-order valence-electron chi connectivity index (χ3n) is 5.10. The van der Waals surface area contributed by atoms with E-state index in [9.17, 15) is 9.59 Å². The van der Waals surface area contributed by atoms with Crippen molar-refractivity contribution in [2.45, 2.75) is 24.9 Å². The van der Waals surface area contributed by atoms with Crippen LogP contribution in [-0.2, 0) is 20.7 Å². The van der Waals surface area contributed by atoms with Crippen LogP contribution in [0.4, 0.5) is 0 Å². The quantitative estimate of drug-likeness (QED) is 0.727. The Bertz CT molecular complexity index is 745. The second-order valence-corrected chi connectivity index (χ2v) is 6.86. The minimum absolute atomic E-state index is 0.150. The molecule has 1 heterocycles. The van der Waals surface area contributed by atoms with Crippen molar-refractivity contribution < 1.29 is 19.1 Å². The van der Waals surface area contributed by atoms with Gasteiger partial charge >= 0.3 is 0 Å². The first-order valence-electron chi connectivity index (χ1n) is 9.22. The van der Waals surface area contributed by atoms with Crippen LogP contribution < -0.4 is 10.1 Å². The predicted octanol–water partition coefficient (Wildman–Crippen LogP) is 2.74. The number of nitrogens with one attached hydrogen (secondary N) is 1. The standard InChI is InChI=1S/C22H25NO4/c1-26-19-9-7-16(8-10-19)11-20(27-15-24)12-18-13-23-14-21(22(18)25)17-5-3-2-4-6-17/h2-10,15,18,20-21,23H,11-14H2,1H3. The van der Waals surface area contributed by atoms with Crippen LogP contribution in [0.15, 0.2) is 54.6 Å². The molecule has 0 radical (unpaired) electrons. The minimum atomic E-state index is -0.332. The van der Waals surface area contributed by atoms with Gasteiger partial charge in [0.15, 0.2) is 0 Å². The van der Waals surface area contributed by atoms with E-state index in [2.05, 4.69) is 5.32 Å². The van der Waals surface area contributed by atoms with Crippen LogP contribution in [0.25, 0.3) is 0 Å². The highest BCUT2D eigenvalue weighted by Crippen LogP contribution is 2.27. The monoisotopic (exact) mass is 367 g/mol. The number of piperidine rings is 1. The van der Waals surface area contributed by atoms with Crippen LogP contribution >= 0.6 is 0 Å². The maximum absolute atomic E-state index is 13.0. The second kappa shape index (κ2) is 9.33. The molecule has 3 unspecified atom stereocenters. The highest BCUT2D eigenvalue weighted by molar-refractivity contribution is 5.89. The van der Waals surface area contributed by atoms with E-state index in [4.69, 9.17) is 9.47 Å². The van der Waals surface area contributed by atoms with Gasteiger partial charge in [0.1, 0.15) is 17.6 Å². The van der Waals surface area contributed by atoms with Gasteiger partial charge in [0.2, 0.25) is 0 Å². The number of Topliss-reactive ketones (excluding diaryl/α,β-unsaturated/α-hetero) is 1. The number of benzene rings is 2. The SMILES string of the molecule is COc1ccc(CC(CC2CNCC(c3ccccc3)C2=O)OC=O)cc1. The number of carbonyl (C=O) groups is 2. The zero-order valence-corrected chi connectivity index (χ0v) is 15.5. The van der Waals surface area contributed by atoms with E-state index in [1.165, 1.54) is 0 Å². The lowest BCUT2D eigenvalue weighted by molar-refractivity contribution is -0.137. The van der Waals surface area contributed by atoms with E-state index in [0.29, 0.717) is 32.4 Å². The van der Waals surface area contributed by atoms with Gasteiger partial charge in [-0.25, -0.2) is 0 Å². The van der Waals surface area contributed by atoms with Crippen molar-refractivity contribution in [2.24, 2.45) is 5.92 Å². The lowest BCUT2D eigenvalue weighted by Gasteiger charge is -2.31. The molecule has 5 heteroatoms. The van der Waals surface area contributed by atoms with Crippen molar-refractivity contribution in [3.05, 3.63) is 65.7 Å². The minimum Gasteiger partial charge on any atom is -0.497 e. The molecule has 0 aromatic heterocycles. The fourth-order valence-corrected chi connectivity index (χ4v) is 3.66. The molecular formula is C22H25NO4. The fourth-order valence-electron chi connectivity index (χ4n) is 3.66. The zero-order chi connectivity index (χ0) is 19.1. The first-order chi connectivity index (χ1) is 13.2. The molecule has 2 aromatic rings. The van der Waals surface area contributed by atoms with E-state index in [-0.39, 0.29) is 23.7 Å². The van der Waals surface area contributed by atoms with Gasteiger partial charge in [-0.05, 0) is 29.7 Å². The normalized spacial score (nSPS) is 20.7. The molecule has 5 nitrogen and oxygen atoms in total. The summed E-state index contributed by atoms with van der Waals surface area (Å²) >= 11 is 0. The molecule has 0 saturated carbocycles. The van der Waals surface area contributed by atoms with Crippen LogP contribution in [-0.4, -0.2) is 38.6 Å². The van der Waals surface area contributed by atoms with Crippen LogP contribution in [0.5, 0.6) is 5.75 Å². The van der Waals surface area contributed by atoms with E-state index in [0.717, 1.165) is 16.9 Å². The summed E-state index contributed by atoms with van der Waals surface area (Å²) in [5, 5.41) is 3.36. The Kier molecular flexibility index (Phi) is 6.60. The van der Waals surface area contributed by atoms with Gasteiger partial charge < -0.3 is 14.8 Å². The van der Waals surface area contributed by atoms with Gasteiger partial charge in [-0.1, -0.05) is 42.5 Å². The molecule has 27 heavy (non-hydrogen) atoms. The molecule has 3 atom stereocenters. The summed E-state index contributed by atoms with van der Waals surface area (Å²) in [6.07, 6.45) is 0.754. The highest BCUT2D eigenvalue weighted by Gasteiger charge is 2.33. The molecule has 1 aliphatic heterocycles. The Hall–Kier alpha value is -2.66. The Morgan fingerprint density at radius 2 is 1.85 bits per heavy atom. The third kappa shape index (κ3) is 4.95. The Morgan fingerprint density at radius 1 is 1.11 bits per heavy atom. The van der Waals surface area contributed by atoms with E-state index >= 15 is 0 Å². The molecule has 0 amide bonds. The van der Waals surface area contributed by atoms with Crippen LogP contribution in [0.2, 0.25) is 0 Å². The van der Waals surface area contributed by atoms with Gasteiger partial charge in [-0.3, -0.25) is 9.59 Å². The Morgan fingerprint density at radius 3 is 2.52 bits per heavy atom. The molecule has 3 rings (SSSR count). The maximum atomic E-state index is 13.0. The van der Waals surface area contributed by atoms with Crippen molar-refractivity contribution in [3.63, 3.8) is 0 Å². The summed E-state index contributed by atoms with van der Waals surface area (Å²) in [6, 6.07) is 17.5. The summed E-state index contributed by atoms with van der Waals surface area (Å²) in [4.78, 5) is 24.0. The van der Waals surface area contributed by atoms with Crippen molar-refractivity contribution >= 4 is 12.3 Å². The van der Waals surface area contributed by atoms with Gasteiger partial charge in [0.25, 0.3) is 6.47 Å². The average molecular weight is 367 g/mol. The third-order valence-corrected chi connectivity index (χ3v) is 5.10. The molecule has 2 aromatic carbocycles. The molecule has 1 N–H and O–H groups in total. The molecule has 1 saturated heterocycles. The lowest BCUT2D eigenvalue weighted by atomic mass is 9.81. The van der Waals surface area contributed by atoms with Crippen LogP contribution in [0.1, 0.15) is 23.5 Å². The summed E-state index contributed by atoms with van der Waals surface area (Å²) in [6.45, 7) is 1.74. The molecule has 0 spiro atoms. The van der Waals surface area contributed by atoms with E-state index in [1.54, 1.807) is 7.11 Å². The number of ether oxygens (including phenoxy) is 2. The van der Waals surface area contributed by atoms with Crippen molar-refractivity contribution in [3.8, 4) is 5.75 Å². The lowest BCUT2D eigenvalue weighted by Crippen LogP contribution is -2.44. The van der Waals surface area contributed by atoms with Crippen LogP contribution in [0.3, 0.4) is 0 Å². The summed E-state index contributed by atoms with van der Waals surface area (Å²) in [5.41, 5.74) is 2.07. The molecular weight excluding hydrogens is 342 g/mol. The van der Waals surface area contributed by atoms with E-state index < -0.39 is 0 Å². The molecule has 1 fully saturated rings. The first kappa shape index (κ1) is 19.1. The number of methoxy groups -OCH3 is 1. The van der Waals surface area contributed by atoms with Crippen LogP contribution in [0, 0.1) is 5.92 Å². The maximum Gasteiger partial charge on any atom is 0.293 e. The molecule has 1 aliphatic rings. The van der Waals surface area contributed by atoms with Gasteiger partial charge in [0, 0.05) is 25.4 Å².